The molecular weight excluding hydrogens is 367 g/mol. The van der Waals surface area contributed by atoms with E-state index in [0.717, 1.165) is 0 Å². The Kier molecular flexibility index (Phi) is 5.27. The molecule has 2 aromatic rings. The SMILES string of the molecule is CN(C(=O)c1cnn(-c2cccc(Cl)c2)c1)[C@H]1CCCC[C@H]1C(F)(F)F. The zero-order valence-electron chi connectivity index (χ0n) is 14.2. The van der Waals surface area contributed by atoms with E-state index in [1.54, 1.807) is 24.3 Å². The Bertz CT molecular complexity index is 790. The quantitative estimate of drug-likeness (QED) is 0.766. The van der Waals surface area contributed by atoms with Gasteiger partial charge in [-0.25, -0.2) is 4.68 Å². The van der Waals surface area contributed by atoms with Crippen LogP contribution in [0.2, 0.25) is 5.02 Å². The number of carbonyl (C=O) groups excluding carboxylic acids is 1. The van der Waals surface area contributed by atoms with Crippen LogP contribution in [0.25, 0.3) is 5.69 Å². The average Bonchev–Trinajstić information content (AvgIpc) is 3.10. The normalized spacial score (nSPS) is 20.8. The summed E-state index contributed by atoms with van der Waals surface area (Å²) >= 11 is 5.95. The Balaban J connectivity index is 1.80. The van der Waals surface area contributed by atoms with Crippen molar-refractivity contribution in [2.24, 2.45) is 5.92 Å². The maximum Gasteiger partial charge on any atom is 0.393 e. The molecule has 1 heterocycles. The van der Waals surface area contributed by atoms with Gasteiger partial charge >= 0.3 is 6.18 Å². The molecule has 1 aromatic heterocycles. The Labute approximate surface area is 154 Å². The fourth-order valence-corrected chi connectivity index (χ4v) is 3.69. The Morgan fingerprint density at radius 2 is 2.04 bits per heavy atom. The number of rotatable bonds is 3. The molecule has 0 unspecified atom stereocenters. The molecule has 0 radical (unpaired) electrons. The number of halogens is 4. The van der Waals surface area contributed by atoms with Crippen LogP contribution in [0.1, 0.15) is 36.0 Å². The van der Waals surface area contributed by atoms with Gasteiger partial charge in [0.15, 0.2) is 0 Å². The number of carbonyl (C=O) groups is 1. The average molecular weight is 386 g/mol. The highest BCUT2D eigenvalue weighted by atomic mass is 35.5. The minimum absolute atomic E-state index is 0.0631. The molecule has 1 amide bonds. The number of amides is 1. The topological polar surface area (TPSA) is 38.1 Å². The molecule has 26 heavy (non-hydrogen) atoms. The molecular formula is C18H19ClF3N3O. The summed E-state index contributed by atoms with van der Waals surface area (Å²) in [5, 5.41) is 4.66. The van der Waals surface area contributed by atoms with E-state index >= 15 is 0 Å². The first kappa shape index (κ1) is 18.8. The lowest BCUT2D eigenvalue weighted by atomic mass is 9.83. The predicted molar refractivity (Wildman–Crippen MR) is 92.5 cm³/mol. The zero-order valence-corrected chi connectivity index (χ0v) is 15.0. The third-order valence-electron chi connectivity index (χ3n) is 4.87. The van der Waals surface area contributed by atoms with Gasteiger partial charge in [-0.1, -0.05) is 30.5 Å². The van der Waals surface area contributed by atoms with Crippen molar-refractivity contribution in [3.05, 3.63) is 47.2 Å². The van der Waals surface area contributed by atoms with Gasteiger partial charge in [0, 0.05) is 24.3 Å². The molecule has 0 saturated heterocycles. The Morgan fingerprint density at radius 3 is 2.73 bits per heavy atom. The summed E-state index contributed by atoms with van der Waals surface area (Å²) in [5.41, 5.74) is 0.920. The standard InChI is InChI=1S/C18H19ClF3N3O/c1-24(16-8-3-2-7-15(16)18(20,21)22)17(26)12-10-23-25(11-12)14-6-4-5-13(19)9-14/h4-6,9-11,15-16H,2-3,7-8H2,1H3/t15-,16+/m1/s1. The molecule has 0 spiro atoms. The van der Waals surface area contributed by atoms with Crippen LogP contribution in [-0.2, 0) is 0 Å². The van der Waals surface area contributed by atoms with Crippen molar-refractivity contribution < 1.29 is 18.0 Å². The van der Waals surface area contributed by atoms with Gasteiger partial charge in [0.05, 0.1) is 23.4 Å². The minimum Gasteiger partial charge on any atom is -0.338 e. The first-order chi connectivity index (χ1) is 12.3. The molecule has 3 rings (SSSR count). The van der Waals surface area contributed by atoms with E-state index in [-0.39, 0.29) is 12.0 Å². The van der Waals surface area contributed by atoms with Gasteiger partial charge < -0.3 is 4.90 Å². The van der Waals surface area contributed by atoms with Crippen molar-refractivity contribution in [1.29, 1.82) is 0 Å². The summed E-state index contributed by atoms with van der Waals surface area (Å²) in [6.07, 6.45) is 0.222. The molecule has 1 saturated carbocycles. The van der Waals surface area contributed by atoms with E-state index < -0.39 is 24.0 Å². The van der Waals surface area contributed by atoms with Crippen LogP contribution in [-0.4, -0.2) is 39.9 Å². The number of alkyl halides is 3. The van der Waals surface area contributed by atoms with Crippen molar-refractivity contribution in [2.45, 2.75) is 37.9 Å². The Morgan fingerprint density at radius 1 is 1.31 bits per heavy atom. The third kappa shape index (κ3) is 3.87. The second kappa shape index (κ2) is 7.31. The van der Waals surface area contributed by atoms with E-state index in [0.29, 0.717) is 30.0 Å². The summed E-state index contributed by atoms with van der Waals surface area (Å²) in [6, 6.07) is 6.09. The third-order valence-corrected chi connectivity index (χ3v) is 5.11. The van der Waals surface area contributed by atoms with Crippen molar-refractivity contribution in [1.82, 2.24) is 14.7 Å². The zero-order chi connectivity index (χ0) is 18.9. The summed E-state index contributed by atoms with van der Waals surface area (Å²) in [6.45, 7) is 0. The molecule has 0 bridgehead atoms. The number of benzene rings is 1. The van der Waals surface area contributed by atoms with Crippen LogP contribution in [0, 0.1) is 5.92 Å². The highest BCUT2D eigenvalue weighted by Gasteiger charge is 2.47. The molecule has 1 aliphatic rings. The highest BCUT2D eigenvalue weighted by molar-refractivity contribution is 6.30. The number of hydrogen-bond donors (Lipinski definition) is 0. The van der Waals surface area contributed by atoms with Gasteiger partial charge in [0.2, 0.25) is 0 Å². The first-order valence-corrected chi connectivity index (χ1v) is 8.79. The maximum atomic E-state index is 13.3. The van der Waals surface area contributed by atoms with Gasteiger partial charge in [-0.15, -0.1) is 0 Å². The van der Waals surface area contributed by atoms with Crippen molar-refractivity contribution in [3.63, 3.8) is 0 Å². The van der Waals surface area contributed by atoms with E-state index in [2.05, 4.69) is 5.10 Å². The maximum absolute atomic E-state index is 13.3. The molecule has 1 aliphatic carbocycles. The fraction of sp³-hybridized carbons (Fsp3) is 0.444. The summed E-state index contributed by atoms with van der Waals surface area (Å²) < 4.78 is 41.4. The Hall–Kier alpha value is -2.02. The van der Waals surface area contributed by atoms with Gasteiger partial charge in [-0.3, -0.25) is 4.79 Å². The van der Waals surface area contributed by atoms with Gasteiger partial charge in [-0.2, -0.15) is 18.3 Å². The van der Waals surface area contributed by atoms with Gasteiger partial charge in [0.25, 0.3) is 5.91 Å². The van der Waals surface area contributed by atoms with Crippen molar-refractivity contribution in [3.8, 4) is 5.69 Å². The summed E-state index contributed by atoms with van der Waals surface area (Å²) in [4.78, 5) is 13.9. The minimum atomic E-state index is -4.30. The van der Waals surface area contributed by atoms with Gasteiger partial charge in [0.1, 0.15) is 0 Å². The largest absolute Gasteiger partial charge is 0.393 e. The lowest BCUT2D eigenvalue weighted by Crippen LogP contribution is -2.48. The predicted octanol–water partition coefficient (Wildman–Crippen LogP) is 4.72. The lowest BCUT2D eigenvalue weighted by molar-refractivity contribution is -0.195. The summed E-state index contributed by atoms with van der Waals surface area (Å²) in [7, 11) is 1.44. The second-order valence-corrected chi connectivity index (χ2v) is 7.01. The number of aromatic nitrogens is 2. The van der Waals surface area contributed by atoms with E-state index in [1.807, 2.05) is 0 Å². The highest BCUT2D eigenvalue weighted by Crippen LogP contribution is 2.40. The molecule has 0 aliphatic heterocycles. The molecule has 1 aromatic carbocycles. The molecule has 0 N–H and O–H groups in total. The van der Waals surface area contributed by atoms with Gasteiger partial charge in [-0.05, 0) is 31.0 Å². The van der Waals surface area contributed by atoms with Crippen LogP contribution in [0.5, 0.6) is 0 Å². The van der Waals surface area contributed by atoms with Crippen LogP contribution in [0.4, 0.5) is 13.2 Å². The van der Waals surface area contributed by atoms with Crippen LogP contribution >= 0.6 is 11.6 Å². The van der Waals surface area contributed by atoms with Crippen molar-refractivity contribution in [2.75, 3.05) is 7.05 Å². The molecule has 4 nitrogen and oxygen atoms in total. The number of hydrogen-bond acceptors (Lipinski definition) is 2. The molecule has 140 valence electrons. The fourth-order valence-electron chi connectivity index (χ4n) is 3.50. The van der Waals surface area contributed by atoms with Crippen molar-refractivity contribution >= 4 is 17.5 Å². The molecule has 8 heteroatoms. The lowest BCUT2D eigenvalue weighted by Gasteiger charge is -2.38. The first-order valence-electron chi connectivity index (χ1n) is 8.42. The smallest absolute Gasteiger partial charge is 0.338 e. The van der Waals surface area contributed by atoms with E-state index in [1.165, 1.54) is 29.0 Å². The van der Waals surface area contributed by atoms with E-state index in [9.17, 15) is 18.0 Å². The van der Waals surface area contributed by atoms with Crippen LogP contribution in [0.3, 0.4) is 0 Å². The van der Waals surface area contributed by atoms with Crippen LogP contribution in [0.15, 0.2) is 36.7 Å². The summed E-state index contributed by atoms with van der Waals surface area (Å²) in [5.74, 6) is -1.94. The second-order valence-electron chi connectivity index (χ2n) is 6.57. The van der Waals surface area contributed by atoms with Crippen LogP contribution < -0.4 is 0 Å². The monoisotopic (exact) mass is 385 g/mol. The van der Waals surface area contributed by atoms with E-state index in [4.69, 9.17) is 11.6 Å². The molecule has 1 fully saturated rings. The molecule has 2 atom stereocenters. The number of nitrogens with zero attached hydrogens (tertiary/aromatic N) is 3.